The van der Waals surface area contributed by atoms with Crippen molar-refractivity contribution in [2.24, 2.45) is 0 Å². The molecule has 1 aromatic heterocycles. The van der Waals surface area contributed by atoms with E-state index in [1.165, 1.54) is 35.3 Å². The molecule has 1 amide bonds. The maximum absolute atomic E-state index is 12.9. The van der Waals surface area contributed by atoms with Crippen molar-refractivity contribution < 1.29 is 22.4 Å². The molecule has 1 aromatic carbocycles. The Bertz CT molecular complexity index is 599. The maximum Gasteiger partial charge on any atom is 0.383 e. The second-order valence-electron chi connectivity index (χ2n) is 3.85. The molecule has 0 radical (unpaired) electrons. The molecule has 2 rings (SSSR count). The molecule has 0 spiro atoms. The summed E-state index contributed by atoms with van der Waals surface area (Å²) in [6, 6.07) is 7.48. The Morgan fingerprint density at radius 3 is 2.55 bits per heavy atom. The highest BCUT2D eigenvalue weighted by Crippen LogP contribution is 2.26. The van der Waals surface area contributed by atoms with Crippen LogP contribution in [0.5, 0.6) is 0 Å². The Labute approximate surface area is 111 Å². The third-order valence-electron chi connectivity index (χ3n) is 2.48. The van der Waals surface area contributed by atoms with Gasteiger partial charge in [-0.05, 0) is 18.2 Å². The summed E-state index contributed by atoms with van der Waals surface area (Å²) in [7, 11) is 0. The van der Waals surface area contributed by atoms with Crippen molar-refractivity contribution in [2.75, 3.05) is 5.32 Å². The van der Waals surface area contributed by atoms with Gasteiger partial charge in [0.1, 0.15) is 0 Å². The summed E-state index contributed by atoms with van der Waals surface area (Å²) >= 11 is 0. The fourth-order valence-corrected chi connectivity index (χ4v) is 1.50. The topological polar surface area (TPSA) is 46.9 Å². The van der Waals surface area contributed by atoms with Gasteiger partial charge in [0.15, 0.2) is 0 Å². The van der Waals surface area contributed by atoms with E-state index in [2.05, 4.69) is 5.10 Å². The van der Waals surface area contributed by atoms with Crippen LogP contribution in [0.3, 0.4) is 0 Å². The number of hydrogen-bond donors (Lipinski definition) is 1. The lowest BCUT2D eigenvalue weighted by molar-refractivity contribution is -0.163. The third kappa shape index (κ3) is 2.63. The van der Waals surface area contributed by atoms with Crippen molar-refractivity contribution in [3.05, 3.63) is 42.7 Å². The molecule has 0 aliphatic carbocycles. The fraction of sp³-hybridized carbons (Fsp3) is 0.167. The molecule has 0 saturated heterocycles. The van der Waals surface area contributed by atoms with E-state index in [4.69, 9.17) is 0 Å². The Hall–Kier alpha value is -2.38. The number of para-hydroxylation sites is 2. The third-order valence-corrected chi connectivity index (χ3v) is 2.48. The highest BCUT2D eigenvalue weighted by atomic mass is 19.3. The fourth-order valence-electron chi connectivity index (χ4n) is 1.50. The Balaban J connectivity index is 2.29. The molecular formula is C12H9F4N3O. The number of hydrogen-bond acceptors (Lipinski definition) is 2. The molecule has 4 nitrogen and oxygen atoms in total. The highest BCUT2D eigenvalue weighted by Gasteiger charge is 2.49. The smallest absolute Gasteiger partial charge is 0.319 e. The summed E-state index contributed by atoms with van der Waals surface area (Å²) in [6.07, 6.45) is -1.10. The second-order valence-corrected chi connectivity index (χ2v) is 3.85. The molecule has 8 heteroatoms. The van der Waals surface area contributed by atoms with Gasteiger partial charge in [-0.3, -0.25) is 4.79 Å². The monoisotopic (exact) mass is 287 g/mol. The Kier molecular flexibility index (Phi) is 3.73. The molecule has 106 valence electrons. The predicted octanol–water partition coefficient (Wildman–Crippen LogP) is 2.71. The van der Waals surface area contributed by atoms with E-state index in [0.29, 0.717) is 0 Å². The molecule has 0 aliphatic rings. The van der Waals surface area contributed by atoms with Crippen LogP contribution in [0.2, 0.25) is 0 Å². The highest BCUT2D eigenvalue weighted by molar-refractivity contribution is 5.97. The zero-order valence-electron chi connectivity index (χ0n) is 9.93. The number of aromatic nitrogens is 2. The minimum absolute atomic E-state index is 0.0403. The molecule has 2 aromatic rings. The van der Waals surface area contributed by atoms with Crippen LogP contribution in [0.25, 0.3) is 5.69 Å². The Morgan fingerprint density at radius 2 is 1.95 bits per heavy atom. The molecule has 0 bridgehead atoms. The van der Waals surface area contributed by atoms with Crippen molar-refractivity contribution in [1.29, 1.82) is 0 Å². The molecule has 1 N–H and O–H groups in total. The van der Waals surface area contributed by atoms with Crippen LogP contribution in [-0.2, 0) is 4.79 Å². The number of benzene rings is 1. The summed E-state index contributed by atoms with van der Waals surface area (Å²) in [5.41, 5.74) is 0.248. The first-order chi connectivity index (χ1) is 9.43. The normalized spacial score (nSPS) is 11.7. The zero-order valence-corrected chi connectivity index (χ0v) is 9.93. The van der Waals surface area contributed by atoms with Gasteiger partial charge < -0.3 is 5.32 Å². The van der Waals surface area contributed by atoms with Crippen molar-refractivity contribution in [3.8, 4) is 5.69 Å². The number of rotatable bonds is 4. The van der Waals surface area contributed by atoms with Crippen molar-refractivity contribution in [2.45, 2.75) is 12.3 Å². The van der Waals surface area contributed by atoms with Crippen LogP contribution < -0.4 is 5.32 Å². The summed E-state index contributed by atoms with van der Waals surface area (Å²) in [6.45, 7) is 0. The molecule has 0 saturated carbocycles. The van der Waals surface area contributed by atoms with E-state index >= 15 is 0 Å². The van der Waals surface area contributed by atoms with Crippen molar-refractivity contribution >= 4 is 11.6 Å². The number of halogens is 4. The lowest BCUT2D eigenvalue weighted by Crippen LogP contribution is -2.41. The number of anilines is 1. The van der Waals surface area contributed by atoms with Crippen LogP contribution >= 0.6 is 0 Å². The lowest BCUT2D eigenvalue weighted by atomic mass is 10.2. The first kappa shape index (κ1) is 14.0. The second kappa shape index (κ2) is 5.32. The number of nitrogens with zero attached hydrogens (tertiary/aromatic N) is 2. The minimum Gasteiger partial charge on any atom is -0.319 e. The quantitative estimate of drug-likeness (QED) is 0.879. The van der Waals surface area contributed by atoms with Gasteiger partial charge in [0.2, 0.25) is 0 Å². The number of alkyl halides is 4. The average Bonchev–Trinajstić information content (AvgIpc) is 2.92. The zero-order chi connectivity index (χ0) is 14.8. The maximum atomic E-state index is 12.9. The van der Waals surface area contributed by atoms with E-state index in [9.17, 15) is 22.4 Å². The van der Waals surface area contributed by atoms with Gasteiger partial charge in [0.05, 0.1) is 11.4 Å². The number of nitrogens with one attached hydrogen (secondary N) is 1. The summed E-state index contributed by atoms with van der Waals surface area (Å²) in [5, 5.41) is 5.67. The first-order valence-corrected chi connectivity index (χ1v) is 5.49. The summed E-state index contributed by atoms with van der Waals surface area (Å²) in [5.74, 6) is -6.82. The SMILES string of the molecule is O=C(Nc1ccccc1-n1cccn1)C(F)(F)C(F)F. The van der Waals surface area contributed by atoms with Crippen LogP contribution in [0, 0.1) is 0 Å². The van der Waals surface area contributed by atoms with Gasteiger partial charge in [0, 0.05) is 12.4 Å². The summed E-state index contributed by atoms with van der Waals surface area (Å²) < 4.78 is 51.4. The number of amides is 1. The van der Waals surface area contributed by atoms with Gasteiger partial charge in [-0.1, -0.05) is 12.1 Å². The molecule has 1 heterocycles. The van der Waals surface area contributed by atoms with E-state index in [1.54, 1.807) is 17.4 Å². The molecular weight excluding hydrogens is 278 g/mol. The first-order valence-electron chi connectivity index (χ1n) is 5.49. The number of carbonyl (C=O) groups is 1. The van der Waals surface area contributed by atoms with Gasteiger partial charge in [-0.2, -0.15) is 13.9 Å². The largest absolute Gasteiger partial charge is 0.383 e. The molecule has 0 aliphatic heterocycles. The van der Waals surface area contributed by atoms with Crippen LogP contribution in [0.4, 0.5) is 23.2 Å². The van der Waals surface area contributed by atoms with Gasteiger partial charge in [0.25, 0.3) is 0 Å². The van der Waals surface area contributed by atoms with E-state index in [0.717, 1.165) is 0 Å². The van der Waals surface area contributed by atoms with Gasteiger partial charge in [-0.25, -0.2) is 13.5 Å². The minimum atomic E-state index is -4.75. The van der Waals surface area contributed by atoms with E-state index < -0.39 is 18.3 Å². The van der Waals surface area contributed by atoms with Gasteiger partial charge >= 0.3 is 18.3 Å². The van der Waals surface area contributed by atoms with Crippen LogP contribution in [0.1, 0.15) is 0 Å². The van der Waals surface area contributed by atoms with Gasteiger partial charge in [-0.15, -0.1) is 0 Å². The standard InChI is InChI=1S/C12H9F4N3O/c13-10(14)12(15,16)11(20)18-8-4-1-2-5-9(8)19-7-3-6-17-19/h1-7,10H,(H,18,20). The molecule has 0 atom stereocenters. The predicted molar refractivity (Wildman–Crippen MR) is 63.1 cm³/mol. The average molecular weight is 287 g/mol. The molecule has 0 unspecified atom stereocenters. The molecule has 0 fully saturated rings. The summed E-state index contributed by atoms with van der Waals surface area (Å²) in [4.78, 5) is 11.2. The Morgan fingerprint density at radius 1 is 1.25 bits per heavy atom. The van der Waals surface area contributed by atoms with Crippen LogP contribution in [0.15, 0.2) is 42.7 Å². The van der Waals surface area contributed by atoms with Crippen molar-refractivity contribution in [1.82, 2.24) is 9.78 Å². The van der Waals surface area contributed by atoms with Crippen LogP contribution in [-0.4, -0.2) is 28.0 Å². The number of carbonyl (C=O) groups excluding carboxylic acids is 1. The van der Waals surface area contributed by atoms with Crippen molar-refractivity contribution in [3.63, 3.8) is 0 Å². The molecule has 20 heavy (non-hydrogen) atoms. The lowest BCUT2D eigenvalue weighted by Gasteiger charge is -2.16. The van der Waals surface area contributed by atoms with E-state index in [-0.39, 0.29) is 11.4 Å². The van der Waals surface area contributed by atoms with E-state index in [1.807, 2.05) is 0 Å².